The third kappa shape index (κ3) is 3.06. The topological polar surface area (TPSA) is 46.2 Å². The molecule has 0 saturated carbocycles. The predicted molar refractivity (Wildman–Crippen MR) is 92.1 cm³/mol. The normalized spacial score (nSPS) is 11.7. The van der Waals surface area contributed by atoms with Crippen LogP contribution in [0.2, 0.25) is 0 Å². The van der Waals surface area contributed by atoms with Crippen molar-refractivity contribution in [2.75, 3.05) is 0 Å². The van der Waals surface area contributed by atoms with Gasteiger partial charge in [-0.3, -0.25) is 0 Å². The fourth-order valence-electron chi connectivity index (χ4n) is 2.32. The number of hydrogen-bond acceptors (Lipinski definition) is 2. The molecule has 0 unspecified atom stereocenters. The largest absolute Gasteiger partial charge is 0.241 e. The highest BCUT2D eigenvalue weighted by molar-refractivity contribution is 9.10. The molecule has 3 aromatic rings. The van der Waals surface area contributed by atoms with Crippen molar-refractivity contribution in [1.29, 1.82) is 0 Å². The molecule has 5 heteroatoms. The monoisotopic (exact) mass is 375 g/mol. The second-order valence-electron chi connectivity index (χ2n) is 4.90. The third-order valence-electron chi connectivity index (χ3n) is 3.43. The number of benzene rings is 3. The minimum Gasteiger partial charge on any atom is -0.207 e. The number of nitrogens with one attached hydrogen (secondary N) is 1. The fourth-order valence-corrected chi connectivity index (χ4v) is 4.03. The molecule has 3 nitrogen and oxygen atoms in total. The molecule has 22 heavy (non-hydrogen) atoms. The van der Waals surface area contributed by atoms with Crippen LogP contribution in [0.15, 0.2) is 76.1 Å². The van der Waals surface area contributed by atoms with Crippen LogP contribution in [0.4, 0.5) is 0 Å². The van der Waals surface area contributed by atoms with E-state index in [0.29, 0.717) is 10.3 Å². The van der Waals surface area contributed by atoms with Crippen LogP contribution in [0.25, 0.3) is 10.8 Å². The molecule has 3 rings (SSSR count). The van der Waals surface area contributed by atoms with E-state index in [-0.39, 0.29) is 6.54 Å². The van der Waals surface area contributed by atoms with E-state index in [2.05, 4.69) is 20.7 Å². The number of rotatable bonds is 4. The van der Waals surface area contributed by atoms with Gasteiger partial charge in [0.1, 0.15) is 0 Å². The third-order valence-corrected chi connectivity index (χ3v) is 5.58. The van der Waals surface area contributed by atoms with Gasteiger partial charge < -0.3 is 0 Å². The van der Waals surface area contributed by atoms with Gasteiger partial charge in [0.2, 0.25) is 10.0 Å². The Kier molecular flexibility index (Phi) is 4.29. The van der Waals surface area contributed by atoms with Crippen LogP contribution in [0.1, 0.15) is 5.56 Å². The first-order valence-electron chi connectivity index (χ1n) is 6.79. The lowest BCUT2D eigenvalue weighted by Crippen LogP contribution is -2.23. The molecular formula is C17H14BrNO2S. The summed E-state index contributed by atoms with van der Waals surface area (Å²) >= 11 is 3.46. The van der Waals surface area contributed by atoms with Gasteiger partial charge in [-0.05, 0) is 23.1 Å². The zero-order chi connectivity index (χ0) is 15.6. The van der Waals surface area contributed by atoms with E-state index in [1.807, 2.05) is 54.6 Å². The van der Waals surface area contributed by atoms with Gasteiger partial charge in [-0.1, -0.05) is 70.5 Å². The minimum absolute atomic E-state index is 0.271. The number of fused-ring (bicyclic) bond motifs is 1. The SMILES string of the molecule is O=S(=O)(NCc1ccccc1)c1ccc(Br)c2ccccc12. The molecule has 0 atom stereocenters. The smallest absolute Gasteiger partial charge is 0.207 e. The first-order valence-corrected chi connectivity index (χ1v) is 9.06. The fraction of sp³-hybridized carbons (Fsp3) is 0.0588. The predicted octanol–water partition coefficient (Wildman–Crippen LogP) is 4.08. The standard InChI is InChI=1S/C17H14BrNO2S/c18-16-10-11-17(15-9-5-4-8-14(15)16)22(20,21)19-12-13-6-2-1-3-7-13/h1-11,19H,12H2. The van der Waals surface area contributed by atoms with Crippen LogP contribution in [0.5, 0.6) is 0 Å². The lowest BCUT2D eigenvalue weighted by Gasteiger charge is -2.10. The second-order valence-corrected chi connectivity index (χ2v) is 7.49. The highest BCUT2D eigenvalue weighted by Gasteiger charge is 2.17. The molecule has 0 fully saturated rings. The van der Waals surface area contributed by atoms with Gasteiger partial charge in [0.05, 0.1) is 4.90 Å². The zero-order valence-electron chi connectivity index (χ0n) is 11.7. The molecular weight excluding hydrogens is 362 g/mol. The molecule has 0 radical (unpaired) electrons. The summed E-state index contributed by atoms with van der Waals surface area (Å²) in [7, 11) is -3.57. The summed E-state index contributed by atoms with van der Waals surface area (Å²) in [5.74, 6) is 0. The van der Waals surface area contributed by atoms with Gasteiger partial charge in [0, 0.05) is 16.4 Å². The van der Waals surface area contributed by atoms with E-state index in [0.717, 1.165) is 15.4 Å². The average molecular weight is 376 g/mol. The number of hydrogen-bond donors (Lipinski definition) is 1. The summed E-state index contributed by atoms with van der Waals surface area (Å²) in [6.45, 7) is 0.271. The van der Waals surface area contributed by atoms with Crippen molar-refractivity contribution in [3.63, 3.8) is 0 Å². The molecule has 0 aromatic heterocycles. The van der Waals surface area contributed by atoms with Crippen LogP contribution in [0.3, 0.4) is 0 Å². The summed E-state index contributed by atoms with van der Waals surface area (Å²) in [6, 6.07) is 20.3. The van der Waals surface area contributed by atoms with Gasteiger partial charge in [-0.15, -0.1) is 0 Å². The minimum atomic E-state index is -3.57. The number of sulfonamides is 1. The Labute approximate surface area is 138 Å². The molecule has 3 aromatic carbocycles. The van der Waals surface area contributed by atoms with Gasteiger partial charge in [0.25, 0.3) is 0 Å². The highest BCUT2D eigenvalue weighted by atomic mass is 79.9. The maximum atomic E-state index is 12.6. The molecule has 0 heterocycles. The van der Waals surface area contributed by atoms with E-state index >= 15 is 0 Å². The maximum absolute atomic E-state index is 12.6. The lowest BCUT2D eigenvalue weighted by atomic mass is 10.1. The molecule has 0 saturated heterocycles. The molecule has 0 bridgehead atoms. The van der Waals surface area contributed by atoms with Crippen LogP contribution < -0.4 is 4.72 Å². The van der Waals surface area contributed by atoms with E-state index in [9.17, 15) is 8.42 Å². The van der Waals surface area contributed by atoms with Crippen molar-refractivity contribution in [2.45, 2.75) is 11.4 Å². The average Bonchev–Trinajstić information content (AvgIpc) is 2.54. The Balaban J connectivity index is 1.98. The van der Waals surface area contributed by atoms with Crippen LogP contribution >= 0.6 is 15.9 Å². The quantitative estimate of drug-likeness (QED) is 0.746. The van der Waals surface area contributed by atoms with E-state index in [1.54, 1.807) is 12.1 Å². The first kappa shape index (κ1) is 15.2. The summed E-state index contributed by atoms with van der Waals surface area (Å²) in [6.07, 6.45) is 0. The van der Waals surface area contributed by atoms with Crippen molar-refractivity contribution in [3.05, 3.63) is 76.8 Å². The molecule has 0 amide bonds. The Morgan fingerprint density at radius 2 is 1.45 bits per heavy atom. The van der Waals surface area contributed by atoms with Gasteiger partial charge >= 0.3 is 0 Å². The van der Waals surface area contributed by atoms with E-state index in [1.165, 1.54) is 0 Å². The Morgan fingerprint density at radius 3 is 2.18 bits per heavy atom. The summed E-state index contributed by atoms with van der Waals surface area (Å²) in [5.41, 5.74) is 0.924. The lowest BCUT2D eigenvalue weighted by molar-refractivity contribution is 0.582. The second kappa shape index (κ2) is 6.20. The molecule has 112 valence electrons. The van der Waals surface area contributed by atoms with Crippen LogP contribution in [-0.2, 0) is 16.6 Å². The maximum Gasteiger partial charge on any atom is 0.241 e. The number of halogens is 1. The van der Waals surface area contributed by atoms with Gasteiger partial charge in [-0.2, -0.15) is 0 Å². The molecule has 0 aliphatic carbocycles. The summed E-state index contributed by atoms with van der Waals surface area (Å²) in [4.78, 5) is 0.294. The zero-order valence-corrected chi connectivity index (χ0v) is 14.1. The van der Waals surface area contributed by atoms with Gasteiger partial charge in [0.15, 0.2) is 0 Å². The van der Waals surface area contributed by atoms with Crippen molar-refractivity contribution < 1.29 is 8.42 Å². The van der Waals surface area contributed by atoms with Crippen LogP contribution in [-0.4, -0.2) is 8.42 Å². The highest BCUT2D eigenvalue weighted by Crippen LogP contribution is 2.29. The van der Waals surface area contributed by atoms with Crippen molar-refractivity contribution in [2.24, 2.45) is 0 Å². The Hall–Kier alpha value is -1.69. The van der Waals surface area contributed by atoms with E-state index in [4.69, 9.17) is 0 Å². The Bertz CT molecular complexity index is 908. The molecule has 0 aliphatic heterocycles. The Morgan fingerprint density at radius 1 is 0.818 bits per heavy atom. The first-order chi connectivity index (χ1) is 10.6. The van der Waals surface area contributed by atoms with Crippen LogP contribution in [0, 0.1) is 0 Å². The summed E-state index contributed by atoms with van der Waals surface area (Å²) < 4.78 is 28.7. The van der Waals surface area contributed by atoms with Gasteiger partial charge in [-0.25, -0.2) is 13.1 Å². The van der Waals surface area contributed by atoms with Crippen molar-refractivity contribution in [1.82, 2.24) is 4.72 Å². The molecule has 0 spiro atoms. The van der Waals surface area contributed by atoms with Crippen molar-refractivity contribution >= 4 is 36.7 Å². The van der Waals surface area contributed by atoms with Crippen molar-refractivity contribution in [3.8, 4) is 0 Å². The van der Waals surface area contributed by atoms with E-state index < -0.39 is 10.0 Å². The summed E-state index contributed by atoms with van der Waals surface area (Å²) in [5, 5.41) is 1.59. The molecule has 0 aliphatic rings. The molecule has 1 N–H and O–H groups in total.